The third-order valence-corrected chi connectivity index (χ3v) is 5.69. The first-order chi connectivity index (χ1) is 15.0. The number of hydrogen-bond donors (Lipinski definition) is 1. The fourth-order valence-electron chi connectivity index (χ4n) is 3.67. The monoisotopic (exact) mass is 440 g/mol. The largest absolute Gasteiger partial charge is 0.485 e. The predicted octanol–water partition coefficient (Wildman–Crippen LogP) is 2.47. The Morgan fingerprint density at radius 2 is 1.90 bits per heavy atom. The molecule has 1 amide bonds. The van der Waals surface area contributed by atoms with E-state index in [0.29, 0.717) is 42.8 Å². The number of β-amino-alcohol motifs (C(OH)–C–C–N with tert-alkyl or cyclic N) is 1. The van der Waals surface area contributed by atoms with Crippen molar-refractivity contribution in [2.45, 2.75) is 18.8 Å². The Morgan fingerprint density at radius 1 is 1.13 bits per heavy atom. The molecule has 2 aromatic carbocycles. The molecule has 0 radical (unpaired) electrons. The first kappa shape index (κ1) is 20.0. The van der Waals surface area contributed by atoms with Crippen molar-refractivity contribution in [1.82, 2.24) is 20.0 Å². The minimum absolute atomic E-state index is 0.0317. The minimum Gasteiger partial charge on any atom is -0.485 e. The zero-order valence-electron chi connectivity index (χ0n) is 16.6. The Morgan fingerprint density at radius 3 is 2.61 bits per heavy atom. The Kier molecular flexibility index (Phi) is 5.35. The van der Waals surface area contributed by atoms with Crippen molar-refractivity contribution in [3.8, 4) is 17.2 Å². The zero-order chi connectivity index (χ0) is 21.4. The molecule has 1 aromatic heterocycles. The lowest BCUT2D eigenvalue weighted by Crippen LogP contribution is -2.56. The van der Waals surface area contributed by atoms with Crippen molar-refractivity contribution in [3.63, 3.8) is 0 Å². The lowest BCUT2D eigenvalue weighted by molar-refractivity contribution is -0.00290. The van der Waals surface area contributed by atoms with E-state index in [-0.39, 0.29) is 24.0 Å². The van der Waals surface area contributed by atoms with Crippen LogP contribution < -0.4 is 4.74 Å². The van der Waals surface area contributed by atoms with Crippen LogP contribution in [0.2, 0.25) is 5.02 Å². The number of aliphatic hydroxyl groups excluding tert-OH is 1. The molecule has 0 aliphatic carbocycles. The third-order valence-electron chi connectivity index (χ3n) is 5.40. The minimum atomic E-state index is -0.312. The molecule has 0 atom stereocenters. The topological polar surface area (TPSA) is 91.9 Å². The molecule has 2 fully saturated rings. The summed E-state index contributed by atoms with van der Waals surface area (Å²) < 4.78 is 11.5. The van der Waals surface area contributed by atoms with E-state index in [1.165, 1.54) is 0 Å². The second-order valence-corrected chi connectivity index (χ2v) is 8.25. The van der Waals surface area contributed by atoms with Gasteiger partial charge in [-0.2, -0.15) is 0 Å². The van der Waals surface area contributed by atoms with E-state index in [9.17, 15) is 9.90 Å². The molecule has 3 heterocycles. The number of rotatable bonds is 6. The normalized spacial score (nSPS) is 17.3. The highest BCUT2D eigenvalue weighted by Crippen LogP contribution is 2.29. The van der Waals surface area contributed by atoms with Gasteiger partial charge in [-0.25, -0.2) is 0 Å². The fraction of sp³-hybridized carbons (Fsp3) is 0.318. The van der Waals surface area contributed by atoms with Gasteiger partial charge < -0.3 is 19.2 Å². The summed E-state index contributed by atoms with van der Waals surface area (Å²) in [5, 5.41) is 17.8. The summed E-state index contributed by atoms with van der Waals surface area (Å²) >= 11 is 6.38. The number of aromatic nitrogens is 2. The van der Waals surface area contributed by atoms with E-state index in [1.807, 2.05) is 48.5 Å². The maximum absolute atomic E-state index is 12.6. The van der Waals surface area contributed by atoms with Crippen LogP contribution in [0, 0.1) is 0 Å². The molecule has 2 aliphatic rings. The Labute approximate surface area is 184 Å². The number of amides is 1. The van der Waals surface area contributed by atoms with Crippen LogP contribution in [0.4, 0.5) is 0 Å². The lowest BCUT2D eigenvalue weighted by atomic mass is 10.1. The molecule has 0 saturated carbocycles. The van der Waals surface area contributed by atoms with Gasteiger partial charge in [-0.15, -0.1) is 10.2 Å². The molecule has 9 heteroatoms. The zero-order valence-corrected chi connectivity index (χ0v) is 17.4. The van der Waals surface area contributed by atoms with Crippen LogP contribution in [0.1, 0.15) is 16.2 Å². The number of aliphatic hydroxyl groups is 1. The highest BCUT2D eigenvalue weighted by molar-refractivity contribution is 6.32. The van der Waals surface area contributed by atoms with E-state index in [0.717, 1.165) is 17.7 Å². The highest BCUT2D eigenvalue weighted by atomic mass is 35.5. The molecule has 0 bridgehead atoms. The van der Waals surface area contributed by atoms with Crippen LogP contribution in [0.15, 0.2) is 52.9 Å². The first-order valence-corrected chi connectivity index (χ1v) is 10.5. The summed E-state index contributed by atoms with van der Waals surface area (Å²) in [6.07, 6.45) is -0.367. The van der Waals surface area contributed by atoms with Gasteiger partial charge in [0.05, 0.1) is 24.2 Å². The molecule has 5 rings (SSSR count). The van der Waals surface area contributed by atoms with E-state index < -0.39 is 0 Å². The summed E-state index contributed by atoms with van der Waals surface area (Å²) in [6.45, 7) is 2.97. The van der Waals surface area contributed by atoms with Gasteiger partial charge in [0.25, 0.3) is 0 Å². The summed E-state index contributed by atoms with van der Waals surface area (Å²) in [5.41, 5.74) is 1.84. The molecule has 3 aromatic rings. The maximum Gasteiger partial charge on any atom is 0.311 e. The van der Waals surface area contributed by atoms with E-state index in [1.54, 1.807) is 4.90 Å². The van der Waals surface area contributed by atoms with Crippen molar-refractivity contribution in [3.05, 3.63) is 65.0 Å². The Bertz CT molecular complexity index is 1080. The van der Waals surface area contributed by atoms with Crippen molar-refractivity contribution < 1.29 is 19.1 Å². The SMILES string of the molecule is O=C(c1nnc(-c2ccccc2)o1)N1CC(Oc2ccc(CN3CC(O)C3)cc2Cl)C1. The highest BCUT2D eigenvalue weighted by Gasteiger charge is 2.35. The molecule has 2 saturated heterocycles. The molecule has 160 valence electrons. The molecule has 0 unspecified atom stereocenters. The van der Waals surface area contributed by atoms with Crippen molar-refractivity contribution in [2.75, 3.05) is 26.2 Å². The summed E-state index contributed by atoms with van der Waals surface area (Å²) in [5.74, 6) is 0.565. The Hall–Kier alpha value is -2.94. The number of carbonyl (C=O) groups is 1. The van der Waals surface area contributed by atoms with Crippen LogP contribution in [0.3, 0.4) is 0 Å². The molecule has 2 aliphatic heterocycles. The number of halogens is 1. The van der Waals surface area contributed by atoms with Crippen LogP contribution in [0.25, 0.3) is 11.5 Å². The molecular formula is C22H21ClN4O4. The standard InChI is InChI=1S/C22H21ClN4O4/c23-18-8-14(9-26-10-16(28)11-26)6-7-19(18)30-17-12-27(13-17)22(29)21-25-24-20(31-21)15-4-2-1-3-5-15/h1-8,16-17,28H,9-13H2. The van der Waals surface area contributed by atoms with Crippen molar-refractivity contribution >= 4 is 17.5 Å². The second-order valence-electron chi connectivity index (χ2n) is 7.84. The van der Waals surface area contributed by atoms with E-state index >= 15 is 0 Å². The summed E-state index contributed by atoms with van der Waals surface area (Å²) in [6, 6.07) is 15.0. The van der Waals surface area contributed by atoms with Gasteiger partial charge in [0.1, 0.15) is 11.9 Å². The summed E-state index contributed by atoms with van der Waals surface area (Å²) in [7, 11) is 0. The number of likely N-dealkylation sites (tertiary alicyclic amines) is 2. The van der Waals surface area contributed by atoms with Gasteiger partial charge in [-0.1, -0.05) is 35.9 Å². The average Bonchev–Trinajstić information content (AvgIpc) is 3.21. The second kappa shape index (κ2) is 8.30. The quantitative estimate of drug-likeness (QED) is 0.629. The van der Waals surface area contributed by atoms with Crippen LogP contribution in [-0.2, 0) is 6.54 Å². The molecule has 1 N–H and O–H groups in total. The smallest absolute Gasteiger partial charge is 0.311 e. The molecule has 0 spiro atoms. The lowest BCUT2D eigenvalue weighted by Gasteiger charge is -2.38. The van der Waals surface area contributed by atoms with Gasteiger partial charge >= 0.3 is 11.8 Å². The number of nitrogens with zero attached hydrogens (tertiary/aromatic N) is 4. The molecular weight excluding hydrogens is 420 g/mol. The number of carbonyl (C=O) groups excluding carboxylic acids is 1. The number of ether oxygens (including phenoxy) is 1. The van der Waals surface area contributed by atoms with Crippen LogP contribution >= 0.6 is 11.6 Å². The van der Waals surface area contributed by atoms with E-state index in [2.05, 4.69) is 15.1 Å². The number of benzene rings is 2. The van der Waals surface area contributed by atoms with E-state index in [4.69, 9.17) is 20.8 Å². The van der Waals surface area contributed by atoms with Crippen LogP contribution in [-0.4, -0.2) is 69.4 Å². The van der Waals surface area contributed by atoms with Gasteiger partial charge in [-0.3, -0.25) is 9.69 Å². The van der Waals surface area contributed by atoms with Gasteiger partial charge in [0.15, 0.2) is 0 Å². The van der Waals surface area contributed by atoms with Crippen molar-refractivity contribution in [2.24, 2.45) is 0 Å². The summed E-state index contributed by atoms with van der Waals surface area (Å²) in [4.78, 5) is 16.3. The van der Waals surface area contributed by atoms with Gasteiger partial charge in [-0.05, 0) is 29.8 Å². The average molecular weight is 441 g/mol. The fourth-order valence-corrected chi connectivity index (χ4v) is 3.92. The molecule has 8 nitrogen and oxygen atoms in total. The number of hydrogen-bond acceptors (Lipinski definition) is 7. The van der Waals surface area contributed by atoms with Crippen molar-refractivity contribution in [1.29, 1.82) is 0 Å². The first-order valence-electron chi connectivity index (χ1n) is 10.1. The van der Waals surface area contributed by atoms with Gasteiger partial charge in [0.2, 0.25) is 5.89 Å². The third kappa shape index (κ3) is 4.27. The Balaban J connectivity index is 1.14. The predicted molar refractivity (Wildman–Crippen MR) is 113 cm³/mol. The maximum atomic E-state index is 12.6. The van der Waals surface area contributed by atoms with Gasteiger partial charge in [0, 0.05) is 25.2 Å². The van der Waals surface area contributed by atoms with Crippen LogP contribution in [0.5, 0.6) is 5.75 Å². The molecule has 31 heavy (non-hydrogen) atoms.